The Hall–Kier alpha value is -0.440. The first kappa shape index (κ1) is 14.0. The van der Waals surface area contributed by atoms with Gasteiger partial charge in [-0.3, -0.25) is 4.68 Å². The van der Waals surface area contributed by atoms with Gasteiger partial charge in [0.2, 0.25) is 0 Å². The minimum absolute atomic E-state index is 0.385. The Balaban J connectivity index is 2.21. The summed E-state index contributed by atoms with van der Waals surface area (Å²) in [5, 5.41) is 4.75. The number of hydrogen-bond acceptors (Lipinski definition) is 2. The summed E-state index contributed by atoms with van der Waals surface area (Å²) in [4.78, 5) is 0. The van der Waals surface area contributed by atoms with Crippen molar-refractivity contribution in [2.45, 2.75) is 65.8 Å². The quantitative estimate of drug-likeness (QED) is 0.817. The van der Waals surface area contributed by atoms with Gasteiger partial charge in [-0.1, -0.05) is 26.2 Å². The van der Waals surface area contributed by atoms with Crippen LogP contribution in [0, 0.1) is 19.3 Å². The maximum absolute atomic E-state index is 4.75. The van der Waals surface area contributed by atoms with Crippen molar-refractivity contribution in [3.63, 3.8) is 0 Å². The lowest BCUT2D eigenvalue weighted by Gasteiger charge is -2.36. The van der Waals surface area contributed by atoms with Crippen LogP contribution in [-0.4, -0.2) is 15.5 Å². The monoisotopic (exact) mass is 266 g/mol. The van der Waals surface area contributed by atoms with Crippen LogP contribution in [0.2, 0.25) is 0 Å². The Kier molecular flexibility index (Phi) is 4.41. The summed E-state index contributed by atoms with van der Waals surface area (Å²) in [5.74, 6) is 0.993. The highest BCUT2D eigenvalue weighted by atomic mass is 32.1. The standard InChI is InChI=1S/C15H26N2S/c1-4-14-12(2)16-17(13(14)3)10-15(11-18)8-6-5-7-9-15/h18H,4-11H2,1-3H3. The fourth-order valence-electron chi connectivity index (χ4n) is 3.39. The smallest absolute Gasteiger partial charge is 0.0628 e. The first-order valence-corrected chi connectivity index (χ1v) is 7.89. The van der Waals surface area contributed by atoms with Gasteiger partial charge >= 0.3 is 0 Å². The highest BCUT2D eigenvalue weighted by Crippen LogP contribution is 2.39. The SMILES string of the molecule is CCc1c(C)nn(CC2(CS)CCCCC2)c1C. The molecule has 2 rings (SSSR count). The second-order valence-electron chi connectivity index (χ2n) is 5.88. The van der Waals surface area contributed by atoms with Crippen LogP contribution in [0.15, 0.2) is 0 Å². The van der Waals surface area contributed by atoms with Gasteiger partial charge < -0.3 is 0 Å². The molecule has 1 aliphatic rings. The number of thiol groups is 1. The topological polar surface area (TPSA) is 17.8 Å². The Bertz CT molecular complexity index is 403. The van der Waals surface area contributed by atoms with E-state index in [9.17, 15) is 0 Å². The molecule has 0 saturated heterocycles. The van der Waals surface area contributed by atoms with Crippen LogP contribution in [0.5, 0.6) is 0 Å². The fraction of sp³-hybridized carbons (Fsp3) is 0.800. The highest BCUT2D eigenvalue weighted by molar-refractivity contribution is 7.80. The molecule has 2 nitrogen and oxygen atoms in total. The van der Waals surface area contributed by atoms with Crippen molar-refractivity contribution in [3.8, 4) is 0 Å². The van der Waals surface area contributed by atoms with Gasteiger partial charge in [-0.15, -0.1) is 0 Å². The molecular weight excluding hydrogens is 240 g/mol. The predicted molar refractivity (Wildman–Crippen MR) is 80.5 cm³/mol. The van der Waals surface area contributed by atoms with Gasteiger partial charge in [0.25, 0.3) is 0 Å². The third kappa shape index (κ3) is 2.61. The number of rotatable bonds is 4. The number of aromatic nitrogens is 2. The molecule has 0 N–H and O–H groups in total. The van der Waals surface area contributed by atoms with Crippen LogP contribution in [0.1, 0.15) is 56.0 Å². The van der Waals surface area contributed by atoms with Gasteiger partial charge in [0.15, 0.2) is 0 Å². The molecule has 1 heterocycles. The van der Waals surface area contributed by atoms with Crippen LogP contribution < -0.4 is 0 Å². The van der Waals surface area contributed by atoms with Gasteiger partial charge in [-0.25, -0.2) is 0 Å². The van der Waals surface area contributed by atoms with Gasteiger partial charge in [0, 0.05) is 12.2 Å². The lowest BCUT2D eigenvalue weighted by atomic mass is 9.75. The van der Waals surface area contributed by atoms with E-state index < -0.39 is 0 Å². The van der Waals surface area contributed by atoms with Gasteiger partial charge in [-0.2, -0.15) is 17.7 Å². The molecule has 0 unspecified atom stereocenters. The summed E-state index contributed by atoms with van der Waals surface area (Å²) >= 11 is 4.63. The summed E-state index contributed by atoms with van der Waals surface area (Å²) in [6, 6.07) is 0. The van der Waals surface area contributed by atoms with Crippen molar-refractivity contribution >= 4 is 12.6 Å². The van der Waals surface area contributed by atoms with E-state index >= 15 is 0 Å². The molecule has 1 aromatic rings. The summed E-state index contributed by atoms with van der Waals surface area (Å²) in [5.41, 5.74) is 4.39. The Morgan fingerprint density at radius 1 is 1.22 bits per heavy atom. The molecule has 0 aromatic carbocycles. The lowest BCUT2D eigenvalue weighted by Crippen LogP contribution is -2.32. The maximum atomic E-state index is 4.75. The second-order valence-corrected chi connectivity index (χ2v) is 6.20. The predicted octanol–water partition coefficient (Wildman–Crippen LogP) is 3.94. The van der Waals surface area contributed by atoms with E-state index in [0.29, 0.717) is 5.41 Å². The van der Waals surface area contributed by atoms with Gasteiger partial charge in [0.1, 0.15) is 0 Å². The molecule has 0 atom stereocenters. The van der Waals surface area contributed by atoms with Crippen molar-refractivity contribution in [2.75, 3.05) is 5.75 Å². The maximum Gasteiger partial charge on any atom is 0.0628 e. The highest BCUT2D eigenvalue weighted by Gasteiger charge is 2.32. The van der Waals surface area contributed by atoms with Gasteiger partial charge in [-0.05, 0) is 49.8 Å². The molecular formula is C15H26N2S. The van der Waals surface area contributed by atoms with Crippen molar-refractivity contribution in [3.05, 3.63) is 17.0 Å². The zero-order valence-electron chi connectivity index (χ0n) is 12.0. The Morgan fingerprint density at radius 2 is 1.89 bits per heavy atom. The average Bonchev–Trinajstić information content (AvgIpc) is 2.65. The molecule has 0 amide bonds. The summed E-state index contributed by atoms with van der Waals surface area (Å²) in [7, 11) is 0. The van der Waals surface area contributed by atoms with Gasteiger partial charge in [0.05, 0.1) is 5.69 Å². The molecule has 0 radical (unpaired) electrons. The van der Waals surface area contributed by atoms with E-state index in [1.807, 2.05) is 0 Å². The Labute approximate surface area is 117 Å². The van der Waals surface area contributed by atoms with Crippen LogP contribution in [0.3, 0.4) is 0 Å². The number of hydrogen-bond donors (Lipinski definition) is 1. The van der Waals surface area contributed by atoms with E-state index in [-0.39, 0.29) is 0 Å². The van der Waals surface area contributed by atoms with Crippen molar-refractivity contribution in [2.24, 2.45) is 5.41 Å². The fourth-order valence-corrected chi connectivity index (χ4v) is 3.80. The molecule has 0 spiro atoms. The molecule has 1 saturated carbocycles. The normalized spacial score (nSPS) is 19.1. The van der Waals surface area contributed by atoms with Crippen LogP contribution in [0.4, 0.5) is 0 Å². The molecule has 1 aliphatic carbocycles. The van der Waals surface area contributed by atoms with Crippen LogP contribution in [-0.2, 0) is 13.0 Å². The summed E-state index contributed by atoms with van der Waals surface area (Å²) in [6.45, 7) is 7.63. The zero-order chi connectivity index (χ0) is 13.2. The van der Waals surface area contributed by atoms with E-state index in [0.717, 1.165) is 18.7 Å². The third-order valence-corrected chi connectivity index (χ3v) is 5.29. The first-order chi connectivity index (χ1) is 8.62. The minimum Gasteiger partial charge on any atom is -0.269 e. The van der Waals surface area contributed by atoms with Crippen LogP contribution in [0.25, 0.3) is 0 Å². The molecule has 3 heteroatoms. The van der Waals surface area contributed by atoms with E-state index in [1.54, 1.807) is 0 Å². The molecule has 102 valence electrons. The van der Waals surface area contributed by atoms with E-state index in [2.05, 4.69) is 38.1 Å². The number of aryl methyl sites for hydroxylation is 1. The molecule has 18 heavy (non-hydrogen) atoms. The Morgan fingerprint density at radius 3 is 2.39 bits per heavy atom. The number of nitrogens with zero attached hydrogens (tertiary/aromatic N) is 2. The summed E-state index contributed by atoms with van der Waals surface area (Å²) < 4.78 is 2.25. The first-order valence-electron chi connectivity index (χ1n) is 7.25. The second kappa shape index (κ2) is 5.68. The van der Waals surface area contributed by atoms with Crippen molar-refractivity contribution < 1.29 is 0 Å². The lowest BCUT2D eigenvalue weighted by molar-refractivity contribution is 0.181. The van der Waals surface area contributed by atoms with Crippen LogP contribution >= 0.6 is 12.6 Å². The molecule has 0 aliphatic heterocycles. The largest absolute Gasteiger partial charge is 0.269 e. The average molecular weight is 266 g/mol. The molecule has 1 fully saturated rings. The van der Waals surface area contributed by atoms with Crippen molar-refractivity contribution in [1.82, 2.24) is 9.78 Å². The molecule has 1 aromatic heterocycles. The van der Waals surface area contributed by atoms with Crippen molar-refractivity contribution in [1.29, 1.82) is 0 Å². The summed E-state index contributed by atoms with van der Waals surface area (Å²) in [6.07, 6.45) is 7.84. The molecule has 0 bridgehead atoms. The third-order valence-electron chi connectivity index (χ3n) is 4.62. The zero-order valence-corrected chi connectivity index (χ0v) is 12.9. The minimum atomic E-state index is 0.385. The van der Waals surface area contributed by atoms with E-state index in [1.165, 1.54) is 49.1 Å². The van der Waals surface area contributed by atoms with E-state index in [4.69, 9.17) is 5.10 Å².